The highest BCUT2D eigenvalue weighted by Gasteiger charge is 2.65. The first-order valence-electron chi connectivity index (χ1n) is 14.0. The Balaban J connectivity index is 1.51. The van der Waals surface area contributed by atoms with Crippen LogP contribution in [-0.2, 0) is 5.54 Å². The predicted octanol–water partition coefficient (Wildman–Crippen LogP) is 7.48. The summed E-state index contributed by atoms with van der Waals surface area (Å²) >= 11 is 0. The zero-order valence-corrected chi connectivity index (χ0v) is 20.9. The Morgan fingerprint density at radius 3 is 2.29 bits per heavy atom. The van der Waals surface area contributed by atoms with Crippen molar-refractivity contribution < 1.29 is 4.57 Å². The van der Waals surface area contributed by atoms with E-state index >= 15 is 0 Å². The van der Waals surface area contributed by atoms with Crippen molar-refractivity contribution in [3.8, 4) is 11.4 Å². The van der Waals surface area contributed by atoms with Crippen LogP contribution in [0.4, 0.5) is 0 Å². The minimum absolute atomic E-state index is 0.184. The Morgan fingerprint density at radius 1 is 0.632 bits per heavy atom. The molecule has 4 aromatic carbocycles. The summed E-state index contributed by atoms with van der Waals surface area (Å²) < 4.78 is 7.91. The van der Waals surface area contributed by atoms with Crippen molar-refractivity contribution in [3.63, 3.8) is 0 Å². The van der Waals surface area contributed by atoms with E-state index < -0.39 is 0 Å². The first-order chi connectivity index (χ1) is 18.9. The molecule has 4 aliphatic rings. The molecule has 1 spiro atoms. The van der Waals surface area contributed by atoms with Gasteiger partial charge in [0.05, 0.1) is 33.9 Å². The van der Waals surface area contributed by atoms with E-state index in [1.165, 1.54) is 79.9 Å². The van der Waals surface area contributed by atoms with Crippen molar-refractivity contribution >= 4 is 43.7 Å². The van der Waals surface area contributed by atoms with Crippen LogP contribution in [0.15, 0.2) is 97.2 Å². The minimum Gasteiger partial charge on any atom is -0.308 e. The van der Waals surface area contributed by atoms with Crippen molar-refractivity contribution in [1.82, 2.24) is 9.13 Å². The summed E-state index contributed by atoms with van der Waals surface area (Å²) in [6, 6.07) is 34.7. The Hall–Kier alpha value is -4.37. The van der Waals surface area contributed by atoms with Crippen LogP contribution in [0.25, 0.3) is 55.1 Å². The van der Waals surface area contributed by atoms with Crippen molar-refractivity contribution in [1.29, 1.82) is 0 Å². The van der Waals surface area contributed by atoms with Gasteiger partial charge in [0.1, 0.15) is 11.2 Å². The number of rotatable bonds is 0. The van der Waals surface area contributed by atoms with Crippen LogP contribution in [0.2, 0.25) is 0 Å². The lowest BCUT2D eigenvalue weighted by Crippen LogP contribution is -2.64. The quantitative estimate of drug-likeness (QED) is 0.197. The number of hydrogen-bond acceptors (Lipinski definition) is 0. The molecular formula is C35H24N3+. The molecule has 0 bridgehead atoms. The normalized spacial score (nSPS) is 23.6. The van der Waals surface area contributed by atoms with E-state index in [1.807, 2.05) is 0 Å². The third-order valence-electron chi connectivity index (χ3n) is 10.6. The number of fused-ring (bicyclic) bond motifs is 10. The Labute approximate surface area is 219 Å². The lowest BCUT2D eigenvalue weighted by molar-refractivity contribution is -0.730. The third kappa shape index (κ3) is 1.69. The highest BCUT2D eigenvalue weighted by molar-refractivity contribution is 6.14. The molecule has 3 unspecified atom stereocenters. The van der Waals surface area contributed by atoms with Gasteiger partial charge in [-0.3, -0.25) is 0 Å². The van der Waals surface area contributed by atoms with Crippen molar-refractivity contribution in [3.05, 3.63) is 114 Å². The van der Waals surface area contributed by atoms with Gasteiger partial charge in [-0.1, -0.05) is 48.9 Å². The number of pyridine rings is 1. The number of aromatic nitrogens is 3. The molecule has 0 N–H and O–H groups in total. The van der Waals surface area contributed by atoms with E-state index in [0.717, 1.165) is 0 Å². The van der Waals surface area contributed by atoms with Gasteiger partial charge in [0.15, 0.2) is 5.54 Å². The Kier molecular flexibility index (Phi) is 2.90. The maximum absolute atomic E-state index is 2.73. The maximum atomic E-state index is 2.73. The summed E-state index contributed by atoms with van der Waals surface area (Å²) in [6.45, 7) is 0. The molecule has 7 aromatic rings. The van der Waals surface area contributed by atoms with E-state index in [2.05, 4.69) is 111 Å². The molecule has 0 saturated heterocycles. The lowest BCUT2D eigenvalue weighted by Gasteiger charge is -2.42. The summed E-state index contributed by atoms with van der Waals surface area (Å²) in [5.74, 6) is 1.18. The lowest BCUT2D eigenvalue weighted by atomic mass is 9.71. The number of nitrogens with zero attached hydrogens (tertiary/aromatic N) is 3. The SMILES string of the molecule is c1cc2c3c(c1)-n1c4ccccc4c4ccc5c(c41)C3(C1CCCC21)[n+]1cccc2c3ccccc3n-5c21. The second-order valence-electron chi connectivity index (χ2n) is 11.8. The number of benzene rings is 4. The molecule has 3 heteroatoms. The van der Waals surface area contributed by atoms with Gasteiger partial charge in [0, 0.05) is 27.6 Å². The van der Waals surface area contributed by atoms with E-state index in [4.69, 9.17) is 0 Å². The van der Waals surface area contributed by atoms with Crippen LogP contribution in [0.1, 0.15) is 41.9 Å². The van der Waals surface area contributed by atoms with Crippen LogP contribution in [0.3, 0.4) is 0 Å². The molecule has 1 saturated carbocycles. The molecule has 178 valence electrons. The minimum atomic E-state index is -0.184. The van der Waals surface area contributed by atoms with E-state index in [0.29, 0.717) is 11.8 Å². The zero-order chi connectivity index (χ0) is 24.3. The van der Waals surface area contributed by atoms with E-state index in [1.54, 1.807) is 11.1 Å². The van der Waals surface area contributed by atoms with Gasteiger partial charge in [-0.2, -0.15) is 4.57 Å². The summed E-state index contributed by atoms with van der Waals surface area (Å²) in [5.41, 5.74) is 12.6. The van der Waals surface area contributed by atoms with Crippen LogP contribution < -0.4 is 4.57 Å². The fourth-order valence-corrected chi connectivity index (χ4v) is 9.55. The molecule has 1 fully saturated rings. The van der Waals surface area contributed by atoms with Gasteiger partial charge in [-0.15, -0.1) is 0 Å². The van der Waals surface area contributed by atoms with Crippen molar-refractivity contribution in [2.24, 2.45) is 5.92 Å². The van der Waals surface area contributed by atoms with Crippen LogP contribution in [0.5, 0.6) is 0 Å². The summed E-state index contributed by atoms with van der Waals surface area (Å²) in [5, 5.41) is 5.43. The third-order valence-corrected chi connectivity index (χ3v) is 10.6. The molecule has 3 atom stereocenters. The highest BCUT2D eigenvalue weighted by atomic mass is 15.2. The summed E-state index contributed by atoms with van der Waals surface area (Å²) in [6.07, 6.45) is 6.29. The smallest absolute Gasteiger partial charge is 0.296 e. The van der Waals surface area contributed by atoms with Gasteiger partial charge in [-0.05, 0) is 72.9 Å². The monoisotopic (exact) mass is 486 g/mol. The molecule has 0 amide bonds. The average Bonchev–Trinajstić information content (AvgIpc) is 3.72. The molecule has 5 heterocycles. The van der Waals surface area contributed by atoms with Crippen LogP contribution >= 0.6 is 0 Å². The molecule has 3 nitrogen and oxygen atoms in total. The molecule has 3 aromatic heterocycles. The predicted molar refractivity (Wildman–Crippen MR) is 152 cm³/mol. The van der Waals surface area contributed by atoms with Gasteiger partial charge in [-0.25, -0.2) is 4.57 Å². The number of hydrogen-bond donors (Lipinski definition) is 0. The average molecular weight is 487 g/mol. The van der Waals surface area contributed by atoms with Gasteiger partial charge in [0.2, 0.25) is 0 Å². The molecular weight excluding hydrogens is 462 g/mol. The first-order valence-corrected chi connectivity index (χ1v) is 14.0. The maximum Gasteiger partial charge on any atom is 0.296 e. The van der Waals surface area contributed by atoms with Gasteiger partial charge < -0.3 is 4.57 Å². The highest BCUT2D eigenvalue weighted by Crippen LogP contribution is 2.65. The standard InChI is InChI=1S/C35H24N3/c1-3-14-27-21(8-1)24-17-18-30-32-33(24)37(27)29-16-6-11-23-20-10-5-13-26(20)35(32,31(23)29)36-19-7-12-25-22-9-2-4-15-28(22)38(30)34(25)36/h1-4,6-9,11-12,14-20,26H,5,10,13H2/q+1. The van der Waals surface area contributed by atoms with Crippen molar-refractivity contribution in [2.45, 2.75) is 30.7 Å². The second kappa shape index (κ2) is 5.86. The van der Waals surface area contributed by atoms with E-state index in [9.17, 15) is 0 Å². The topological polar surface area (TPSA) is 13.7 Å². The second-order valence-corrected chi connectivity index (χ2v) is 11.8. The molecule has 38 heavy (non-hydrogen) atoms. The molecule has 2 aliphatic carbocycles. The molecule has 0 radical (unpaired) electrons. The fourth-order valence-electron chi connectivity index (χ4n) is 9.55. The molecule has 2 aliphatic heterocycles. The van der Waals surface area contributed by atoms with Crippen LogP contribution in [-0.4, -0.2) is 9.13 Å². The van der Waals surface area contributed by atoms with Gasteiger partial charge in [0.25, 0.3) is 5.65 Å². The molecule has 11 rings (SSSR count). The fraction of sp³-hybridized carbons (Fsp3) is 0.171. The summed E-state index contributed by atoms with van der Waals surface area (Å²) in [7, 11) is 0. The van der Waals surface area contributed by atoms with E-state index in [-0.39, 0.29) is 5.54 Å². The Morgan fingerprint density at radius 2 is 1.39 bits per heavy atom. The first kappa shape index (κ1) is 18.8. The largest absolute Gasteiger partial charge is 0.308 e. The van der Waals surface area contributed by atoms with Gasteiger partial charge >= 0.3 is 0 Å². The van der Waals surface area contributed by atoms with Crippen molar-refractivity contribution in [2.75, 3.05) is 0 Å². The summed E-state index contributed by atoms with van der Waals surface area (Å²) in [4.78, 5) is 0. The number of para-hydroxylation sites is 2. The zero-order valence-electron chi connectivity index (χ0n) is 20.9. The van der Waals surface area contributed by atoms with Crippen LogP contribution in [0, 0.1) is 5.92 Å². The Bertz CT molecular complexity index is 2250.